The number of anilines is 2. The van der Waals surface area contributed by atoms with Crippen LogP contribution in [0.5, 0.6) is 0 Å². The van der Waals surface area contributed by atoms with E-state index in [1.807, 2.05) is 12.1 Å². The van der Waals surface area contributed by atoms with Gasteiger partial charge in [-0.3, -0.25) is 9.19 Å². The fourth-order valence-corrected chi connectivity index (χ4v) is 4.97. The maximum absolute atomic E-state index is 12.0. The molecule has 0 bridgehead atoms. The molecule has 10 heteroatoms. The molecule has 2 aliphatic heterocycles. The molecule has 5 rings (SSSR count). The maximum Gasteiger partial charge on any atom is 0.230 e. The number of nitrogens with zero attached hydrogens (tertiary/aromatic N) is 6. The molecular weight excluding hydrogens is 378 g/mol. The van der Waals surface area contributed by atoms with Crippen LogP contribution in [-0.2, 0) is 17.2 Å². The van der Waals surface area contributed by atoms with Crippen molar-refractivity contribution in [3.8, 4) is 11.4 Å². The fraction of sp³-hybridized carbons (Fsp3) is 0.389. The third-order valence-corrected chi connectivity index (χ3v) is 6.68. The third kappa shape index (κ3) is 3.03. The lowest BCUT2D eigenvalue weighted by molar-refractivity contribution is 0.329. The number of pyridine rings is 1. The van der Waals surface area contributed by atoms with Crippen molar-refractivity contribution < 1.29 is 8.73 Å². The summed E-state index contributed by atoms with van der Waals surface area (Å²) in [6, 6.07) is 3.72. The van der Waals surface area contributed by atoms with Crippen molar-refractivity contribution in [2.24, 2.45) is 0 Å². The SMILES string of the molecule is Nc1nc(N2CCC(c3nc(-c4ccncc4)no3)CC2)nc2c1S(=O)CC2. The molecule has 9 nitrogen and oxygen atoms in total. The Morgan fingerprint density at radius 3 is 2.71 bits per heavy atom. The van der Waals surface area contributed by atoms with Gasteiger partial charge in [-0.05, 0) is 25.0 Å². The number of nitrogens with two attached hydrogens (primary N) is 1. The van der Waals surface area contributed by atoms with Crippen LogP contribution >= 0.6 is 0 Å². The number of hydrogen-bond donors (Lipinski definition) is 1. The maximum atomic E-state index is 12.0. The zero-order valence-corrected chi connectivity index (χ0v) is 15.9. The van der Waals surface area contributed by atoms with Gasteiger partial charge in [-0.2, -0.15) is 9.97 Å². The minimum absolute atomic E-state index is 0.207. The first-order chi connectivity index (χ1) is 13.7. The zero-order valence-electron chi connectivity index (χ0n) is 15.1. The topological polar surface area (TPSA) is 124 Å². The highest BCUT2D eigenvalue weighted by Gasteiger charge is 2.29. The normalized spacial score (nSPS) is 19.7. The van der Waals surface area contributed by atoms with Crippen molar-refractivity contribution in [2.45, 2.75) is 30.1 Å². The summed E-state index contributed by atoms with van der Waals surface area (Å²) >= 11 is 0. The number of nitrogen functional groups attached to an aromatic ring is 1. The largest absolute Gasteiger partial charge is 0.383 e. The van der Waals surface area contributed by atoms with Gasteiger partial charge in [0.25, 0.3) is 0 Å². The number of fused-ring (bicyclic) bond motifs is 1. The highest BCUT2D eigenvalue weighted by Crippen LogP contribution is 2.32. The van der Waals surface area contributed by atoms with E-state index in [9.17, 15) is 4.21 Å². The predicted octanol–water partition coefficient (Wildman–Crippen LogP) is 1.55. The predicted molar refractivity (Wildman–Crippen MR) is 103 cm³/mol. The van der Waals surface area contributed by atoms with Gasteiger partial charge in [0.1, 0.15) is 10.7 Å². The summed E-state index contributed by atoms with van der Waals surface area (Å²) in [7, 11) is -1.07. The lowest BCUT2D eigenvalue weighted by Gasteiger charge is -2.30. The molecule has 1 saturated heterocycles. The van der Waals surface area contributed by atoms with Gasteiger partial charge in [0, 0.05) is 49.1 Å². The molecule has 0 spiro atoms. The molecule has 0 aromatic carbocycles. The number of rotatable bonds is 3. The standard InChI is InChI=1S/C18H19N7O2S/c19-15-14-13(5-10-28(14)26)21-18(22-15)25-8-3-12(4-9-25)17-23-16(24-27-17)11-1-6-20-7-2-11/h1-2,6-7,12H,3-5,8-10H2,(H2,19,21,22). The molecule has 2 aliphatic rings. The highest BCUT2D eigenvalue weighted by atomic mass is 32.2. The molecule has 3 aromatic rings. The minimum atomic E-state index is -1.07. The Hall–Kier alpha value is -2.88. The van der Waals surface area contributed by atoms with Crippen LogP contribution in [0, 0.1) is 0 Å². The van der Waals surface area contributed by atoms with E-state index in [0.29, 0.717) is 40.6 Å². The van der Waals surface area contributed by atoms with Crippen LogP contribution in [-0.4, -0.2) is 48.1 Å². The van der Waals surface area contributed by atoms with E-state index in [2.05, 4.69) is 30.0 Å². The number of hydrogen-bond acceptors (Lipinski definition) is 9. The first kappa shape index (κ1) is 17.2. The van der Waals surface area contributed by atoms with Gasteiger partial charge in [0.15, 0.2) is 0 Å². The van der Waals surface area contributed by atoms with Gasteiger partial charge in [0.05, 0.1) is 16.5 Å². The molecule has 5 heterocycles. The van der Waals surface area contributed by atoms with E-state index in [1.165, 1.54) is 0 Å². The number of piperidine rings is 1. The first-order valence-corrected chi connectivity index (χ1v) is 10.5. The Balaban J connectivity index is 1.29. The molecular formula is C18H19N7O2S. The lowest BCUT2D eigenvalue weighted by atomic mass is 9.97. The zero-order chi connectivity index (χ0) is 19.1. The Kier molecular flexibility index (Phi) is 4.27. The summed E-state index contributed by atoms with van der Waals surface area (Å²) < 4.78 is 17.5. The van der Waals surface area contributed by atoms with Crippen molar-refractivity contribution in [3.63, 3.8) is 0 Å². The van der Waals surface area contributed by atoms with Gasteiger partial charge in [0.2, 0.25) is 17.7 Å². The molecule has 3 aromatic heterocycles. The van der Waals surface area contributed by atoms with Crippen molar-refractivity contribution >= 4 is 22.6 Å². The summed E-state index contributed by atoms with van der Waals surface area (Å²) in [4.78, 5) is 20.3. The minimum Gasteiger partial charge on any atom is -0.383 e. The van der Waals surface area contributed by atoms with Crippen molar-refractivity contribution in [3.05, 3.63) is 36.1 Å². The average Bonchev–Trinajstić information content (AvgIpc) is 3.36. The van der Waals surface area contributed by atoms with E-state index < -0.39 is 10.8 Å². The Morgan fingerprint density at radius 1 is 1.14 bits per heavy atom. The van der Waals surface area contributed by atoms with Crippen LogP contribution in [0.1, 0.15) is 30.3 Å². The van der Waals surface area contributed by atoms with Crippen LogP contribution in [0.4, 0.5) is 11.8 Å². The summed E-state index contributed by atoms with van der Waals surface area (Å²) in [6.45, 7) is 1.55. The lowest BCUT2D eigenvalue weighted by Crippen LogP contribution is -2.34. The van der Waals surface area contributed by atoms with E-state index in [0.717, 1.165) is 37.2 Å². The second-order valence-electron chi connectivity index (χ2n) is 6.94. The van der Waals surface area contributed by atoms with Gasteiger partial charge >= 0.3 is 0 Å². The summed E-state index contributed by atoms with van der Waals surface area (Å²) in [6.07, 6.45) is 5.84. The number of aryl methyl sites for hydroxylation is 1. The molecule has 0 radical (unpaired) electrons. The highest BCUT2D eigenvalue weighted by molar-refractivity contribution is 7.85. The van der Waals surface area contributed by atoms with Crippen LogP contribution < -0.4 is 10.6 Å². The van der Waals surface area contributed by atoms with Crippen molar-refractivity contribution in [1.29, 1.82) is 0 Å². The Labute approximate surface area is 163 Å². The molecule has 0 amide bonds. The second-order valence-corrected chi connectivity index (χ2v) is 8.45. The molecule has 1 unspecified atom stereocenters. The molecule has 1 fully saturated rings. The smallest absolute Gasteiger partial charge is 0.230 e. The molecule has 144 valence electrons. The fourth-order valence-electron chi connectivity index (χ4n) is 3.70. The van der Waals surface area contributed by atoms with E-state index in [4.69, 9.17) is 10.3 Å². The van der Waals surface area contributed by atoms with Crippen molar-refractivity contribution in [1.82, 2.24) is 25.1 Å². The first-order valence-electron chi connectivity index (χ1n) is 9.23. The van der Waals surface area contributed by atoms with Crippen LogP contribution in [0.3, 0.4) is 0 Å². The van der Waals surface area contributed by atoms with E-state index in [1.54, 1.807) is 12.4 Å². The second kappa shape index (κ2) is 6.93. The number of aromatic nitrogens is 5. The van der Waals surface area contributed by atoms with Crippen LogP contribution in [0.15, 0.2) is 33.9 Å². The summed E-state index contributed by atoms with van der Waals surface area (Å²) in [5.74, 6) is 3.00. The van der Waals surface area contributed by atoms with Gasteiger partial charge < -0.3 is 15.2 Å². The molecule has 2 N–H and O–H groups in total. The molecule has 0 saturated carbocycles. The quantitative estimate of drug-likeness (QED) is 0.701. The summed E-state index contributed by atoms with van der Waals surface area (Å²) in [5, 5.41) is 4.10. The van der Waals surface area contributed by atoms with E-state index in [-0.39, 0.29) is 5.92 Å². The van der Waals surface area contributed by atoms with E-state index >= 15 is 0 Å². The third-order valence-electron chi connectivity index (χ3n) is 5.21. The average molecular weight is 397 g/mol. The van der Waals surface area contributed by atoms with Crippen LogP contribution in [0.25, 0.3) is 11.4 Å². The van der Waals surface area contributed by atoms with Gasteiger partial charge in [-0.25, -0.2) is 4.98 Å². The molecule has 0 aliphatic carbocycles. The monoisotopic (exact) mass is 397 g/mol. The van der Waals surface area contributed by atoms with Crippen LogP contribution in [0.2, 0.25) is 0 Å². The Bertz CT molecular complexity index is 1030. The molecule has 1 atom stereocenters. The van der Waals surface area contributed by atoms with Gasteiger partial charge in [-0.1, -0.05) is 5.16 Å². The summed E-state index contributed by atoms with van der Waals surface area (Å²) in [5.41, 5.74) is 7.75. The Morgan fingerprint density at radius 2 is 1.93 bits per heavy atom. The van der Waals surface area contributed by atoms with Crippen molar-refractivity contribution in [2.75, 3.05) is 29.5 Å². The molecule has 28 heavy (non-hydrogen) atoms. The van der Waals surface area contributed by atoms with Gasteiger partial charge in [-0.15, -0.1) is 0 Å².